The number of nitrogens with zero attached hydrogens (tertiary/aromatic N) is 2. The van der Waals surface area contributed by atoms with Crippen LogP contribution >= 0.6 is 46.1 Å². The summed E-state index contributed by atoms with van der Waals surface area (Å²) in [6.07, 6.45) is 0. The number of aromatic nitrogens is 2. The third-order valence-electron chi connectivity index (χ3n) is 3.11. The number of nitrogens with one attached hydrogen (secondary N) is 1. The molecule has 0 saturated heterocycles. The van der Waals surface area contributed by atoms with Gasteiger partial charge in [-0.05, 0) is 29.7 Å². The van der Waals surface area contributed by atoms with Gasteiger partial charge in [-0.1, -0.05) is 34.5 Å². The first kappa shape index (κ1) is 17.4. The van der Waals surface area contributed by atoms with E-state index in [9.17, 15) is 18.0 Å². The molecule has 3 rings (SSSR count). The predicted molar refractivity (Wildman–Crippen MR) is 93.9 cm³/mol. The number of amides is 1. The summed E-state index contributed by atoms with van der Waals surface area (Å²) in [6, 6.07) is 4.13. The van der Waals surface area contributed by atoms with Gasteiger partial charge in [0.2, 0.25) is 0 Å². The van der Waals surface area contributed by atoms with E-state index in [1.807, 2.05) is 4.72 Å². The van der Waals surface area contributed by atoms with Gasteiger partial charge in [-0.25, -0.2) is 13.1 Å². The summed E-state index contributed by atoms with van der Waals surface area (Å²) in [5.74, 6) is -0.982. The number of aryl methyl sites for hydroxylation is 1. The van der Waals surface area contributed by atoms with Gasteiger partial charge in [0.25, 0.3) is 15.9 Å². The van der Waals surface area contributed by atoms with Gasteiger partial charge >= 0.3 is 4.87 Å². The van der Waals surface area contributed by atoms with Crippen molar-refractivity contribution in [2.45, 2.75) is 4.90 Å². The molecule has 0 unspecified atom stereocenters. The molecule has 7 nitrogen and oxygen atoms in total. The smallest absolute Gasteiger partial charge is 0.302 e. The zero-order valence-corrected chi connectivity index (χ0v) is 15.7. The SMILES string of the molecule is Cn1c(=O)sc2cc(S(=O)(=O)NC(=O)c3nsc(Cl)c3Cl)ccc21. The lowest BCUT2D eigenvalue weighted by atomic mass is 10.3. The van der Waals surface area contributed by atoms with E-state index < -0.39 is 15.9 Å². The van der Waals surface area contributed by atoms with Crippen LogP contribution in [0.15, 0.2) is 27.9 Å². The van der Waals surface area contributed by atoms with Gasteiger partial charge < -0.3 is 4.57 Å². The lowest BCUT2D eigenvalue weighted by Crippen LogP contribution is -2.31. The molecule has 0 bridgehead atoms. The average Bonchev–Trinajstić information content (AvgIpc) is 2.99. The Kier molecular flexibility index (Phi) is 4.43. The fourth-order valence-electron chi connectivity index (χ4n) is 1.91. The van der Waals surface area contributed by atoms with Gasteiger partial charge in [0.1, 0.15) is 9.36 Å². The van der Waals surface area contributed by atoms with Crippen molar-refractivity contribution in [2.24, 2.45) is 7.05 Å². The van der Waals surface area contributed by atoms with Gasteiger partial charge in [-0.3, -0.25) is 9.59 Å². The summed E-state index contributed by atoms with van der Waals surface area (Å²) < 4.78 is 32.3. The fourth-order valence-corrected chi connectivity index (χ4v) is 4.88. The minimum atomic E-state index is -4.15. The molecule has 126 valence electrons. The molecule has 0 atom stereocenters. The number of benzene rings is 1. The summed E-state index contributed by atoms with van der Waals surface area (Å²) in [7, 11) is -2.56. The highest BCUT2D eigenvalue weighted by molar-refractivity contribution is 7.90. The van der Waals surface area contributed by atoms with E-state index in [0.29, 0.717) is 10.2 Å². The largest absolute Gasteiger partial charge is 0.307 e. The molecule has 0 saturated carbocycles. The van der Waals surface area contributed by atoms with Crippen LogP contribution in [0.2, 0.25) is 9.36 Å². The van der Waals surface area contributed by atoms with Crippen molar-refractivity contribution in [3.05, 3.63) is 42.9 Å². The summed E-state index contributed by atoms with van der Waals surface area (Å²) >= 11 is 13.2. The van der Waals surface area contributed by atoms with Crippen LogP contribution in [0.1, 0.15) is 10.5 Å². The number of carbonyl (C=O) groups is 1. The second-order valence-corrected chi connectivity index (χ2v) is 9.04. The van der Waals surface area contributed by atoms with Crippen molar-refractivity contribution < 1.29 is 13.2 Å². The van der Waals surface area contributed by atoms with E-state index in [2.05, 4.69) is 4.37 Å². The predicted octanol–water partition coefficient (Wildman–Crippen LogP) is 2.48. The topological polar surface area (TPSA) is 98.1 Å². The van der Waals surface area contributed by atoms with E-state index in [0.717, 1.165) is 22.9 Å². The van der Waals surface area contributed by atoms with Gasteiger partial charge in [0, 0.05) is 7.05 Å². The van der Waals surface area contributed by atoms with Crippen LogP contribution in [0, 0.1) is 0 Å². The summed E-state index contributed by atoms with van der Waals surface area (Å²) in [6.45, 7) is 0. The molecule has 0 radical (unpaired) electrons. The van der Waals surface area contributed by atoms with Crippen LogP contribution in [-0.2, 0) is 17.1 Å². The molecule has 2 aromatic heterocycles. The molecule has 3 aromatic rings. The van der Waals surface area contributed by atoms with Gasteiger partial charge in [0.15, 0.2) is 5.69 Å². The standard InChI is InChI=1S/C12H7Cl2N3O4S3/c1-17-6-3-2-5(4-7(6)22-12(17)19)24(20,21)16-11(18)9-8(13)10(14)23-15-9/h2-4H,1H3,(H,16,18). The lowest BCUT2D eigenvalue weighted by molar-refractivity contribution is 0.0978. The second kappa shape index (κ2) is 6.12. The van der Waals surface area contributed by atoms with Crippen molar-refractivity contribution >= 4 is 72.2 Å². The van der Waals surface area contributed by atoms with E-state index in [1.165, 1.54) is 22.8 Å². The summed E-state index contributed by atoms with van der Waals surface area (Å²) in [5.41, 5.74) is 0.338. The van der Waals surface area contributed by atoms with Crippen LogP contribution in [0.3, 0.4) is 0 Å². The zero-order chi connectivity index (χ0) is 17.6. The minimum absolute atomic E-state index is 0.0923. The van der Waals surface area contributed by atoms with Gasteiger partial charge in [0.05, 0.1) is 15.1 Å². The Morgan fingerprint density at radius 1 is 1.33 bits per heavy atom. The number of halogens is 2. The Hall–Kier alpha value is -1.46. The molecular formula is C12H7Cl2N3O4S3. The normalized spacial score (nSPS) is 11.8. The first-order valence-corrected chi connectivity index (χ1v) is 10.0. The summed E-state index contributed by atoms with van der Waals surface area (Å²) in [4.78, 5) is 23.3. The maximum atomic E-state index is 12.4. The Morgan fingerprint density at radius 2 is 2.04 bits per heavy atom. The van der Waals surface area contributed by atoms with Gasteiger partial charge in [-0.2, -0.15) is 4.37 Å². The van der Waals surface area contributed by atoms with Crippen LogP contribution in [0.5, 0.6) is 0 Å². The number of carbonyl (C=O) groups excluding carboxylic acids is 1. The highest BCUT2D eigenvalue weighted by Crippen LogP contribution is 2.29. The highest BCUT2D eigenvalue weighted by Gasteiger charge is 2.24. The minimum Gasteiger partial charge on any atom is -0.302 e. The second-order valence-electron chi connectivity index (χ2n) is 4.61. The molecule has 24 heavy (non-hydrogen) atoms. The first-order valence-electron chi connectivity index (χ1n) is 6.18. The number of hydrogen-bond acceptors (Lipinski definition) is 7. The molecule has 0 spiro atoms. The highest BCUT2D eigenvalue weighted by atomic mass is 35.5. The molecular weight excluding hydrogens is 417 g/mol. The molecule has 0 fully saturated rings. The summed E-state index contributed by atoms with van der Waals surface area (Å²) in [5, 5.41) is -0.105. The van der Waals surface area contributed by atoms with E-state index >= 15 is 0 Å². The molecule has 1 amide bonds. The number of rotatable bonds is 3. The maximum Gasteiger partial charge on any atom is 0.307 e. The van der Waals surface area contributed by atoms with Crippen LogP contribution < -0.4 is 9.60 Å². The molecule has 0 aliphatic carbocycles. The van der Waals surface area contributed by atoms with Crippen LogP contribution in [0.4, 0.5) is 0 Å². The first-order chi connectivity index (χ1) is 11.2. The fraction of sp³-hybridized carbons (Fsp3) is 0.0833. The van der Waals surface area contributed by atoms with Gasteiger partial charge in [-0.15, -0.1) is 0 Å². The molecule has 1 aromatic carbocycles. The molecule has 0 aliphatic heterocycles. The number of sulfonamides is 1. The average molecular weight is 424 g/mol. The van der Waals surface area contributed by atoms with Crippen molar-refractivity contribution in [1.29, 1.82) is 0 Å². The molecule has 2 heterocycles. The Morgan fingerprint density at radius 3 is 2.67 bits per heavy atom. The monoisotopic (exact) mass is 423 g/mol. The number of hydrogen-bond donors (Lipinski definition) is 1. The Labute approximate surface area is 153 Å². The third-order valence-corrected chi connectivity index (χ3v) is 7.05. The lowest BCUT2D eigenvalue weighted by Gasteiger charge is -2.06. The Bertz CT molecular complexity index is 1130. The zero-order valence-electron chi connectivity index (χ0n) is 11.7. The van der Waals surface area contributed by atoms with Crippen LogP contribution in [0.25, 0.3) is 10.2 Å². The van der Waals surface area contributed by atoms with Crippen molar-refractivity contribution in [2.75, 3.05) is 0 Å². The maximum absolute atomic E-state index is 12.4. The number of fused-ring (bicyclic) bond motifs is 1. The van der Waals surface area contributed by atoms with Crippen molar-refractivity contribution in [1.82, 2.24) is 13.7 Å². The third kappa shape index (κ3) is 2.95. The molecule has 0 aliphatic rings. The molecule has 12 heteroatoms. The van der Waals surface area contributed by atoms with Crippen LogP contribution in [-0.4, -0.2) is 23.3 Å². The Balaban J connectivity index is 1.97. The van der Waals surface area contributed by atoms with E-state index in [4.69, 9.17) is 23.2 Å². The molecule has 1 N–H and O–H groups in total. The van der Waals surface area contributed by atoms with E-state index in [1.54, 1.807) is 7.05 Å². The number of thiazole rings is 1. The quantitative estimate of drug-likeness (QED) is 0.697. The van der Waals surface area contributed by atoms with Crippen molar-refractivity contribution in [3.63, 3.8) is 0 Å². The van der Waals surface area contributed by atoms with Crippen molar-refractivity contribution in [3.8, 4) is 0 Å². The van der Waals surface area contributed by atoms with E-state index in [-0.39, 0.29) is 24.8 Å².